The highest BCUT2D eigenvalue weighted by Crippen LogP contribution is 2.15. The zero-order chi connectivity index (χ0) is 9.52. The van der Waals surface area contributed by atoms with E-state index < -0.39 is 0 Å². The number of nitrogens with zero attached hydrogens (tertiary/aromatic N) is 4. The van der Waals surface area contributed by atoms with Crippen LogP contribution in [0.3, 0.4) is 0 Å². The highest BCUT2D eigenvalue weighted by atomic mass is 32.1. The Morgan fingerprint density at radius 3 is 3.23 bits per heavy atom. The van der Waals surface area contributed by atoms with Crippen molar-refractivity contribution in [2.24, 2.45) is 5.11 Å². The van der Waals surface area contributed by atoms with Gasteiger partial charge in [0.05, 0.1) is 0 Å². The van der Waals surface area contributed by atoms with Crippen LogP contribution in [0, 0.1) is 0 Å². The Labute approximate surface area is 79.5 Å². The van der Waals surface area contributed by atoms with Crippen molar-refractivity contribution in [3.8, 4) is 0 Å². The van der Waals surface area contributed by atoms with Gasteiger partial charge in [0.1, 0.15) is 0 Å². The van der Waals surface area contributed by atoms with Crippen molar-refractivity contribution in [2.75, 3.05) is 12.3 Å². The average molecular weight is 195 g/mol. The summed E-state index contributed by atoms with van der Waals surface area (Å²) in [6, 6.07) is 0. The normalized spacial score (nSPS) is 10.2. The van der Waals surface area contributed by atoms with E-state index in [9.17, 15) is 0 Å². The van der Waals surface area contributed by atoms with Crippen LogP contribution in [0.5, 0.6) is 0 Å². The first kappa shape index (κ1) is 9.57. The summed E-state index contributed by atoms with van der Waals surface area (Å²) >= 11 is 1.43. The summed E-state index contributed by atoms with van der Waals surface area (Å²) in [5, 5.41) is 3.97. The summed E-state index contributed by atoms with van der Waals surface area (Å²) in [6.45, 7) is 0.487. The first-order valence-electron chi connectivity index (χ1n) is 3.71. The molecule has 0 aliphatic rings. The van der Waals surface area contributed by atoms with Crippen LogP contribution in [0.1, 0.15) is 11.3 Å². The fourth-order valence-electron chi connectivity index (χ4n) is 0.754. The van der Waals surface area contributed by atoms with Gasteiger partial charge in [-0.15, -0.1) is 0 Å². The van der Waals surface area contributed by atoms with Crippen LogP contribution in [0.15, 0.2) is 17.4 Å². The van der Waals surface area contributed by atoms with Crippen LogP contribution < -0.4 is 5.73 Å². The van der Waals surface area contributed by atoms with E-state index in [-0.39, 0.29) is 0 Å². The lowest BCUT2D eigenvalue weighted by atomic mass is 10.3. The molecule has 0 spiro atoms. The number of azide groups is 1. The molecule has 0 unspecified atom stereocenters. The predicted molar refractivity (Wildman–Crippen MR) is 54.2 cm³/mol. The van der Waals surface area contributed by atoms with Gasteiger partial charge in [-0.25, -0.2) is 4.98 Å². The molecular formula is C7H9N5S. The fourth-order valence-corrected chi connectivity index (χ4v) is 1.37. The predicted octanol–water partition coefficient (Wildman–Crippen LogP) is 2.44. The Kier molecular flexibility index (Phi) is 3.81. The van der Waals surface area contributed by atoms with E-state index >= 15 is 0 Å². The number of hydrogen-bond acceptors (Lipinski definition) is 4. The quantitative estimate of drug-likeness (QED) is 0.346. The molecular weight excluding hydrogens is 186 g/mol. The Morgan fingerprint density at radius 1 is 1.77 bits per heavy atom. The highest BCUT2D eigenvalue weighted by molar-refractivity contribution is 7.16. The summed E-state index contributed by atoms with van der Waals surface area (Å²) < 4.78 is 0. The van der Waals surface area contributed by atoms with Crippen LogP contribution in [0.2, 0.25) is 0 Å². The van der Waals surface area contributed by atoms with E-state index in [4.69, 9.17) is 11.3 Å². The van der Waals surface area contributed by atoms with E-state index in [1.165, 1.54) is 11.3 Å². The van der Waals surface area contributed by atoms with E-state index in [0.29, 0.717) is 11.7 Å². The fraction of sp³-hybridized carbons (Fsp3) is 0.286. The molecule has 0 saturated carbocycles. The second-order valence-corrected chi connectivity index (χ2v) is 3.34. The Balaban J connectivity index is 2.36. The minimum absolute atomic E-state index is 0.487. The largest absolute Gasteiger partial charge is 0.375 e. The Hall–Kier alpha value is -1.52. The van der Waals surface area contributed by atoms with Crippen molar-refractivity contribution in [3.63, 3.8) is 0 Å². The topological polar surface area (TPSA) is 87.7 Å². The van der Waals surface area contributed by atoms with Crippen LogP contribution in [-0.2, 0) is 0 Å². The standard InChI is InChI=1S/C7H9N5S/c8-7-10-5-6(13-7)3-1-2-4-11-12-9/h1,3,5H,2,4H2,(H2,8,10). The summed E-state index contributed by atoms with van der Waals surface area (Å²) in [5.74, 6) is 0. The molecule has 0 bridgehead atoms. The van der Waals surface area contributed by atoms with E-state index in [1.54, 1.807) is 6.20 Å². The highest BCUT2D eigenvalue weighted by Gasteiger charge is 1.91. The Bertz CT molecular complexity index is 336. The monoisotopic (exact) mass is 195 g/mol. The second kappa shape index (κ2) is 5.18. The molecule has 1 aromatic rings. The minimum atomic E-state index is 0.487. The van der Waals surface area contributed by atoms with Gasteiger partial charge >= 0.3 is 0 Å². The van der Waals surface area contributed by atoms with Gasteiger partial charge in [-0.1, -0.05) is 22.5 Å². The molecule has 0 saturated heterocycles. The Morgan fingerprint density at radius 2 is 2.62 bits per heavy atom. The van der Waals surface area contributed by atoms with Gasteiger partial charge in [0, 0.05) is 22.5 Å². The molecule has 0 radical (unpaired) electrons. The zero-order valence-electron chi connectivity index (χ0n) is 6.92. The number of anilines is 1. The van der Waals surface area contributed by atoms with Gasteiger partial charge in [0.2, 0.25) is 0 Å². The molecule has 0 amide bonds. The summed E-state index contributed by atoms with van der Waals surface area (Å²) in [5.41, 5.74) is 13.4. The number of nitrogen functional groups attached to an aromatic ring is 1. The number of aromatic nitrogens is 1. The van der Waals surface area contributed by atoms with E-state index in [2.05, 4.69) is 15.0 Å². The molecule has 0 aliphatic carbocycles. The summed E-state index contributed by atoms with van der Waals surface area (Å²) in [7, 11) is 0. The first-order valence-corrected chi connectivity index (χ1v) is 4.53. The molecule has 2 N–H and O–H groups in total. The number of thiazole rings is 1. The van der Waals surface area contributed by atoms with Crippen molar-refractivity contribution in [1.82, 2.24) is 4.98 Å². The van der Waals surface area contributed by atoms with Gasteiger partial charge in [-0.2, -0.15) is 0 Å². The summed E-state index contributed by atoms with van der Waals surface area (Å²) in [4.78, 5) is 7.55. The molecule has 1 rings (SSSR count). The zero-order valence-corrected chi connectivity index (χ0v) is 7.74. The van der Waals surface area contributed by atoms with Gasteiger partial charge < -0.3 is 5.73 Å². The third-order valence-electron chi connectivity index (χ3n) is 1.28. The average Bonchev–Trinajstić information content (AvgIpc) is 2.51. The van der Waals surface area contributed by atoms with E-state index in [1.807, 2.05) is 12.2 Å². The lowest BCUT2D eigenvalue weighted by molar-refractivity contribution is 0.996. The molecule has 0 aromatic carbocycles. The lowest BCUT2D eigenvalue weighted by Gasteiger charge is -1.83. The molecule has 0 atom stereocenters. The van der Waals surface area contributed by atoms with Crippen LogP contribution in [0.25, 0.3) is 16.5 Å². The van der Waals surface area contributed by atoms with Crippen LogP contribution >= 0.6 is 11.3 Å². The van der Waals surface area contributed by atoms with Crippen molar-refractivity contribution in [3.05, 3.63) is 27.6 Å². The molecule has 0 aliphatic heterocycles. The third-order valence-corrected chi connectivity index (χ3v) is 2.07. The minimum Gasteiger partial charge on any atom is -0.375 e. The maximum atomic E-state index is 8.00. The van der Waals surface area contributed by atoms with Gasteiger partial charge in [-0.3, -0.25) is 0 Å². The maximum Gasteiger partial charge on any atom is 0.180 e. The van der Waals surface area contributed by atoms with Crippen molar-refractivity contribution >= 4 is 22.5 Å². The van der Waals surface area contributed by atoms with Crippen molar-refractivity contribution < 1.29 is 0 Å². The number of nitrogens with two attached hydrogens (primary N) is 1. The van der Waals surface area contributed by atoms with Crippen LogP contribution in [0.4, 0.5) is 5.13 Å². The SMILES string of the molecule is [N-]=[N+]=NCCC=Cc1cnc(N)s1. The van der Waals surface area contributed by atoms with Gasteiger partial charge in [0.25, 0.3) is 0 Å². The van der Waals surface area contributed by atoms with Crippen molar-refractivity contribution in [1.29, 1.82) is 0 Å². The number of rotatable bonds is 4. The molecule has 5 nitrogen and oxygen atoms in total. The lowest BCUT2D eigenvalue weighted by Crippen LogP contribution is -1.77. The molecule has 1 heterocycles. The van der Waals surface area contributed by atoms with Gasteiger partial charge in [-0.05, 0) is 18.0 Å². The first-order chi connectivity index (χ1) is 6.33. The maximum absolute atomic E-state index is 8.00. The smallest absolute Gasteiger partial charge is 0.180 e. The molecule has 1 aromatic heterocycles. The number of hydrogen-bond donors (Lipinski definition) is 1. The second-order valence-electron chi connectivity index (χ2n) is 2.25. The van der Waals surface area contributed by atoms with Crippen LogP contribution in [-0.4, -0.2) is 11.5 Å². The molecule has 0 fully saturated rings. The third kappa shape index (κ3) is 3.59. The van der Waals surface area contributed by atoms with Crippen molar-refractivity contribution in [2.45, 2.75) is 6.42 Å². The summed E-state index contributed by atoms with van der Waals surface area (Å²) in [6.07, 6.45) is 6.30. The van der Waals surface area contributed by atoms with Gasteiger partial charge in [0.15, 0.2) is 5.13 Å². The molecule has 6 heteroatoms. The molecule has 68 valence electrons. The van der Waals surface area contributed by atoms with E-state index in [0.717, 1.165) is 11.3 Å². The molecule has 13 heavy (non-hydrogen) atoms.